The first-order valence-corrected chi connectivity index (χ1v) is 9.57. The van der Waals surface area contributed by atoms with E-state index in [0.717, 1.165) is 29.4 Å². The standard InChI is InChI=1S/C20H19NO2S/c1-13-6-7-14(2)19(12-13)24(22,23)21-18-11-10-16-9-8-15-4-3-5-17(18)20(15)16/h3-7,10-12,21H,8-9H2,1-2H3. The molecule has 0 radical (unpaired) electrons. The summed E-state index contributed by atoms with van der Waals surface area (Å²) in [6, 6.07) is 15.5. The molecule has 1 aliphatic rings. The van der Waals surface area contributed by atoms with Crippen LogP contribution in [0.25, 0.3) is 10.8 Å². The third kappa shape index (κ3) is 2.38. The lowest BCUT2D eigenvalue weighted by atomic mass is 10.0. The number of anilines is 1. The normalized spacial score (nSPS) is 13.4. The molecule has 3 aromatic carbocycles. The smallest absolute Gasteiger partial charge is 0.262 e. The largest absolute Gasteiger partial charge is 0.279 e. The van der Waals surface area contributed by atoms with Gasteiger partial charge >= 0.3 is 0 Å². The van der Waals surface area contributed by atoms with E-state index in [1.165, 1.54) is 16.5 Å². The van der Waals surface area contributed by atoms with Crippen LogP contribution in [0, 0.1) is 13.8 Å². The molecule has 0 aliphatic heterocycles. The lowest BCUT2D eigenvalue weighted by Crippen LogP contribution is -2.14. The van der Waals surface area contributed by atoms with Gasteiger partial charge in [-0.05, 0) is 66.5 Å². The molecule has 0 unspecified atom stereocenters. The van der Waals surface area contributed by atoms with Crippen molar-refractivity contribution in [1.29, 1.82) is 0 Å². The van der Waals surface area contributed by atoms with Gasteiger partial charge in [0.1, 0.15) is 0 Å². The summed E-state index contributed by atoms with van der Waals surface area (Å²) in [5.41, 5.74) is 4.93. The minimum absolute atomic E-state index is 0.339. The van der Waals surface area contributed by atoms with Gasteiger partial charge in [0.25, 0.3) is 10.0 Å². The molecule has 0 bridgehead atoms. The van der Waals surface area contributed by atoms with E-state index in [1.54, 1.807) is 6.07 Å². The Labute approximate surface area is 142 Å². The fourth-order valence-electron chi connectivity index (χ4n) is 3.53. The van der Waals surface area contributed by atoms with Gasteiger partial charge in [-0.1, -0.05) is 36.4 Å². The predicted octanol–water partition coefficient (Wildman–Crippen LogP) is 4.36. The molecule has 4 heteroatoms. The van der Waals surface area contributed by atoms with Crippen molar-refractivity contribution in [2.75, 3.05) is 4.72 Å². The van der Waals surface area contributed by atoms with Gasteiger partial charge < -0.3 is 0 Å². The zero-order valence-corrected chi connectivity index (χ0v) is 14.6. The second kappa shape index (κ2) is 5.35. The first-order valence-electron chi connectivity index (χ1n) is 8.09. The lowest BCUT2D eigenvalue weighted by molar-refractivity contribution is 0.600. The molecule has 0 atom stereocenters. The van der Waals surface area contributed by atoms with E-state index in [-0.39, 0.29) is 0 Å². The van der Waals surface area contributed by atoms with E-state index in [2.05, 4.69) is 10.8 Å². The van der Waals surface area contributed by atoms with Crippen molar-refractivity contribution >= 4 is 26.5 Å². The van der Waals surface area contributed by atoms with Gasteiger partial charge in [-0.3, -0.25) is 4.72 Å². The van der Waals surface area contributed by atoms with Crippen molar-refractivity contribution in [2.24, 2.45) is 0 Å². The van der Waals surface area contributed by atoms with Gasteiger partial charge in [0.15, 0.2) is 0 Å². The number of aryl methyl sites for hydroxylation is 4. The highest BCUT2D eigenvalue weighted by atomic mass is 32.2. The second-order valence-corrected chi connectivity index (χ2v) is 8.14. The lowest BCUT2D eigenvalue weighted by Gasteiger charge is -2.14. The fraction of sp³-hybridized carbons (Fsp3) is 0.200. The molecular formula is C20H19NO2S. The Morgan fingerprint density at radius 3 is 2.46 bits per heavy atom. The van der Waals surface area contributed by atoms with Crippen LogP contribution in [0.5, 0.6) is 0 Å². The van der Waals surface area contributed by atoms with Crippen LogP contribution < -0.4 is 4.72 Å². The summed E-state index contributed by atoms with van der Waals surface area (Å²) in [5, 5.41) is 2.19. The molecule has 0 fully saturated rings. The highest BCUT2D eigenvalue weighted by Gasteiger charge is 2.21. The van der Waals surface area contributed by atoms with Gasteiger partial charge in [-0.25, -0.2) is 8.42 Å². The van der Waals surface area contributed by atoms with Crippen LogP contribution in [-0.2, 0) is 22.9 Å². The Hall–Kier alpha value is -2.33. The summed E-state index contributed by atoms with van der Waals surface area (Å²) >= 11 is 0. The maximum Gasteiger partial charge on any atom is 0.262 e. The molecule has 0 aromatic heterocycles. The molecule has 24 heavy (non-hydrogen) atoms. The summed E-state index contributed by atoms with van der Waals surface area (Å²) in [6.45, 7) is 3.72. The van der Waals surface area contributed by atoms with Gasteiger partial charge in [-0.2, -0.15) is 0 Å². The zero-order valence-electron chi connectivity index (χ0n) is 13.8. The average molecular weight is 337 g/mol. The van der Waals surface area contributed by atoms with E-state index < -0.39 is 10.0 Å². The Bertz CT molecular complexity index is 1060. The Morgan fingerprint density at radius 1 is 0.917 bits per heavy atom. The number of nitrogens with one attached hydrogen (secondary N) is 1. The van der Waals surface area contributed by atoms with Gasteiger partial charge in [0.2, 0.25) is 0 Å². The number of sulfonamides is 1. The molecule has 122 valence electrons. The van der Waals surface area contributed by atoms with Crippen LogP contribution in [0.15, 0.2) is 53.4 Å². The fourth-order valence-corrected chi connectivity index (χ4v) is 4.94. The molecule has 3 aromatic rings. The Morgan fingerprint density at radius 2 is 1.67 bits per heavy atom. The summed E-state index contributed by atoms with van der Waals surface area (Å²) < 4.78 is 28.6. The minimum atomic E-state index is -3.61. The Kier molecular flexibility index (Phi) is 3.39. The minimum Gasteiger partial charge on any atom is -0.279 e. The first kappa shape index (κ1) is 15.2. The van der Waals surface area contributed by atoms with E-state index in [9.17, 15) is 8.42 Å². The first-order chi connectivity index (χ1) is 11.5. The van der Waals surface area contributed by atoms with Gasteiger partial charge in [0, 0.05) is 5.39 Å². The summed E-state index contributed by atoms with van der Waals surface area (Å²) in [7, 11) is -3.61. The van der Waals surface area contributed by atoms with E-state index in [1.807, 2.05) is 50.2 Å². The molecule has 0 saturated heterocycles. The third-order valence-corrected chi connectivity index (χ3v) is 6.26. The number of benzene rings is 3. The van der Waals surface area contributed by atoms with Crippen LogP contribution in [0.2, 0.25) is 0 Å². The number of hydrogen-bond donors (Lipinski definition) is 1. The highest BCUT2D eigenvalue weighted by molar-refractivity contribution is 7.92. The zero-order chi connectivity index (χ0) is 16.9. The topological polar surface area (TPSA) is 46.2 Å². The van der Waals surface area contributed by atoms with E-state index in [4.69, 9.17) is 0 Å². The maximum absolute atomic E-state index is 12.9. The SMILES string of the molecule is Cc1ccc(C)c(S(=O)(=O)Nc2ccc3c4c(cccc24)CC3)c1. The van der Waals surface area contributed by atoms with Crippen molar-refractivity contribution in [3.63, 3.8) is 0 Å². The van der Waals surface area contributed by atoms with Crippen molar-refractivity contribution in [2.45, 2.75) is 31.6 Å². The molecule has 0 amide bonds. The van der Waals surface area contributed by atoms with E-state index in [0.29, 0.717) is 10.6 Å². The van der Waals surface area contributed by atoms with Crippen molar-refractivity contribution in [3.8, 4) is 0 Å². The summed E-state index contributed by atoms with van der Waals surface area (Å²) in [6.07, 6.45) is 2.06. The quantitative estimate of drug-likeness (QED) is 0.772. The van der Waals surface area contributed by atoms with Crippen molar-refractivity contribution in [1.82, 2.24) is 0 Å². The molecule has 0 saturated carbocycles. The van der Waals surface area contributed by atoms with E-state index >= 15 is 0 Å². The summed E-state index contributed by atoms with van der Waals surface area (Å²) in [4.78, 5) is 0.339. The molecule has 4 rings (SSSR count). The molecule has 0 spiro atoms. The third-order valence-electron chi connectivity index (χ3n) is 4.75. The van der Waals surface area contributed by atoms with Gasteiger partial charge in [-0.15, -0.1) is 0 Å². The molecule has 0 heterocycles. The molecular weight excluding hydrogens is 318 g/mol. The van der Waals surface area contributed by atoms with Crippen molar-refractivity contribution < 1.29 is 8.42 Å². The van der Waals surface area contributed by atoms with Crippen LogP contribution in [0.1, 0.15) is 22.3 Å². The van der Waals surface area contributed by atoms with Crippen LogP contribution in [0.3, 0.4) is 0 Å². The second-order valence-electron chi connectivity index (χ2n) is 6.49. The summed E-state index contributed by atoms with van der Waals surface area (Å²) in [5.74, 6) is 0. The Balaban J connectivity index is 1.84. The molecule has 1 aliphatic carbocycles. The highest BCUT2D eigenvalue weighted by Crippen LogP contribution is 2.36. The van der Waals surface area contributed by atoms with Crippen LogP contribution in [-0.4, -0.2) is 8.42 Å². The van der Waals surface area contributed by atoms with Crippen LogP contribution >= 0.6 is 0 Å². The monoisotopic (exact) mass is 337 g/mol. The number of rotatable bonds is 3. The van der Waals surface area contributed by atoms with Crippen LogP contribution in [0.4, 0.5) is 5.69 Å². The van der Waals surface area contributed by atoms with Crippen molar-refractivity contribution in [3.05, 3.63) is 70.8 Å². The molecule has 3 nitrogen and oxygen atoms in total. The predicted molar refractivity (Wildman–Crippen MR) is 98.1 cm³/mol. The average Bonchev–Trinajstić information content (AvgIpc) is 2.97. The van der Waals surface area contributed by atoms with Gasteiger partial charge in [0.05, 0.1) is 10.6 Å². The molecule has 1 N–H and O–H groups in total. The number of hydrogen-bond acceptors (Lipinski definition) is 2. The maximum atomic E-state index is 12.9.